The monoisotopic (exact) mass is 521 g/mol. The molecule has 6 aliphatic rings. The summed E-state index contributed by atoms with van der Waals surface area (Å²) in [4.78, 5) is 38.3. The minimum Gasteiger partial charge on any atom is -0.493 e. The predicted molar refractivity (Wildman–Crippen MR) is 145 cm³/mol. The van der Waals surface area contributed by atoms with Crippen molar-refractivity contribution in [1.82, 2.24) is 15.5 Å². The zero-order chi connectivity index (χ0) is 26.1. The highest BCUT2D eigenvalue weighted by molar-refractivity contribution is 6.05. The third-order valence-electron chi connectivity index (χ3n) is 9.91. The van der Waals surface area contributed by atoms with Gasteiger partial charge < -0.3 is 15.0 Å². The molecule has 4 aliphatic carbocycles. The number of benzene rings is 1. The molecule has 0 radical (unpaired) electrons. The molecule has 1 saturated heterocycles. The fourth-order valence-electron chi connectivity index (χ4n) is 8.49. The van der Waals surface area contributed by atoms with Gasteiger partial charge in [-0.15, -0.1) is 0 Å². The Bertz CT molecular complexity index is 1030. The molecule has 2 heterocycles. The van der Waals surface area contributed by atoms with Crippen LogP contribution in [0, 0.1) is 17.8 Å². The third kappa shape index (κ3) is 5.36. The van der Waals surface area contributed by atoms with Crippen molar-refractivity contribution < 1.29 is 19.1 Å². The van der Waals surface area contributed by atoms with E-state index in [1.165, 1.54) is 70.8 Å². The Morgan fingerprint density at radius 3 is 2.32 bits per heavy atom. The topological polar surface area (TPSA) is 87.7 Å². The molecular weight excluding hydrogens is 478 g/mol. The number of rotatable bonds is 12. The third-order valence-corrected chi connectivity index (χ3v) is 9.91. The first-order chi connectivity index (χ1) is 18.5. The largest absolute Gasteiger partial charge is 0.493 e. The van der Waals surface area contributed by atoms with E-state index < -0.39 is 6.04 Å². The fraction of sp³-hybridized carbons (Fsp3) is 0.710. The smallest absolute Gasteiger partial charge is 0.255 e. The lowest BCUT2D eigenvalue weighted by molar-refractivity contribution is -0.136. The lowest BCUT2D eigenvalue weighted by atomic mass is 9.53. The van der Waals surface area contributed by atoms with E-state index in [-0.39, 0.29) is 24.1 Å². The summed E-state index contributed by atoms with van der Waals surface area (Å²) in [7, 11) is 0. The van der Waals surface area contributed by atoms with Crippen molar-refractivity contribution in [2.24, 2.45) is 17.8 Å². The second-order valence-corrected chi connectivity index (χ2v) is 12.8. The Balaban J connectivity index is 0.869. The van der Waals surface area contributed by atoms with Gasteiger partial charge in [-0.3, -0.25) is 19.7 Å². The number of hydrogen-bond donors (Lipinski definition) is 2. The van der Waals surface area contributed by atoms with Gasteiger partial charge in [0.1, 0.15) is 11.8 Å². The van der Waals surface area contributed by atoms with Crippen LogP contribution in [-0.4, -0.2) is 47.4 Å². The van der Waals surface area contributed by atoms with Gasteiger partial charge in [-0.1, -0.05) is 31.7 Å². The minimum atomic E-state index is -0.594. The maximum absolute atomic E-state index is 13.0. The Morgan fingerprint density at radius 1 is 0.921 bits per heavy atom. The van der Waals surface area contributed by atoms with Crippen molar-refractivity contribution in [3.05, 3.63) is 29.3 Å². The van der Waals surface area contributed by atoms with Crippen LogP contribution in [0.15, 0.2) is 18.2 Å². The number of piperidine rings is 1. The molecule has 1 aromatic rings. The van der Waals surface area contributed by atoms with Crippen molar-refractivity contribution in [2.45, 2.75) is 108 Å². The predicted octanol–water partition coefficient (Wildman–Crippen LogP) is 4.73. The van der Waals surface area contributed by atoms with E-state index in [1.807, 2.05) is 12.1 Å². The summed E-state index contributed by atoms with van der Waals surface area (Å²) in [5.41, 5.74) is 1.95. The summed E-state index contributed by atoms with van der Waals surface area (Å²) in [6.45, 7) is 2.17. The first-order valence-corrected chi connectivity index (χ1v) is 15.1. The van der Waals surface area contributed by atoms with Crippen molar-refractivity contribution in [3.63, 3.8) is 0 Å². The van der Waals surface area contributed by atoms with E-state index in [0.717, 1.165) is 41.9 Å². The van der Waals surface area contributed by atoms with Crippen LogP contribution >= 0.6 is 0 Å². The fourth-order valence-corrected chi connectivity index (χ4v) is 8.49. The van der Waals surface area contributed by atoms with Crippen LogP contribution in [0.5, 0.6) is 5.75 Å². The van der Waals surface area contributed by atoms with Gasteiger partial charge >= 0.3 is 0 Å². The van der Waals surface area contributed by atoms with Crippen LogP contribution in [-0.2, 0) is 16.1 Å². The van der Waals surface area contributed by atoms with E-state index >= 15 is 0 Å². The molecule has 2 aliphatic heterocycles. The van der Waals surface area contributed by atoms with Crippen LogP contribution < -0.4 is 15.4 Å². The second kappa shape index (κ2) is 11.0. The zero-order valence-corrected chi connectivity index (χ0v) is 22.6. The summed E-state index contributed by atoms with van der Waals surface area (Å²) >= 11 is 0. The number of amides is 3. The highest BCUT2D eigenvalue weighted by Crippen LogP contribution is 2.55. The molecule has 1 atom stereocenters. The number of ether oxygens (including phenoxy) is 1. The van der Waals surface area contributed by atoms with Crippen molar-refractivity contribution in [1.29, 1.82) is 0 Å². The molecule has 206 valence electrons. The summed E-state index contributed by atoms with van der Waals surface area (Å²) < 4.78 is 6.10. The Hall–Kier alpha value is -2.41. The lowest BCUT2D eigenvalue weighted by Crippen LogP contribution is -2.58. The van der Waals surface area contributed by atoms with E-state index in [9.17, 15) is 14.4 Å². The molecule has 4 saturated carbocycles. The van der Waals surface area contributed by atoms with Crippen LogP contribution in [0.3, 0.4) is 0 Å². The molecule has 1 aromatic carbocycles. The summed E-state index contributed by atoms with van der Waals surface area (Å²) in [5.74, 6) is 2.97. The molecule has 0 spiro atoms. The molecule has 7 nitrogen and oxygen atoms in total. The van der Waals surface area contributed by atoms with E-state index in [2.05, 4.69) is 10.6 Å². The lowest BCUT2D eigenvalue weighted by Gasteiger charge is -2.57. The van der Waals surface area contributed by atoms with Gasteiger partial charge in [0.15, 0.2) is 0 Å². The van der Waals surface area contributed by atoms with Crippen molar-refractivity contribution in [2.75, 3.05) is 13.2 Å². The number of imide groups is 1. The molecule has 2 N–H and O–H groups in total. The van der Waals surface area contributed by atoms with Gasteiger partial charge in [-0.2, -0.15) is 0 Å². The molecule has 0 aromatic heterocycles. The Morgan fingerprint density at radius 2 is 1.61 bits per heavy atom. The molecular formula is C31H43N3O4. The van der Waals surface area contributed by atoms with Crippen LogP contribution in [0.1, 0.15) is 106 Å². The molecule has 7 rings (SSSR count). The Labute approximate surface area is 226 Å². The minimum absolute atomic E-state index is 0.155. The summed E-state index contributed by atoms with van der Waals surface area (Å²) in [6, 6.07) is 4.96. The van der Waals surface area contributed by atoms with Gasteiger partial charge in [-0.05, 0) is 94.2 Å². The normalized spacial score (nSPS) is 31.6. The van der Waals surface area contributed by atoms with Crippen molar-refractivity contribution in [3.8, 4) is 5.75 Å². The number of nitrogens with one attached hydrogen (secondary N) is 2. The quantitative estimate of drug-likeness (QED) is 0.307. The molecule has 7 heteroatoms. The first kappa shape index (κ1) is 25.8. The summed E-state index contributed by atoms with van der Waals surface area (Å²) in [5, 5.41) is 6.38. The second-order valence-electron chi connectivity index (χ2n) is 12.8. The number of carbonyl (C=O) groups is 3. The number of hydrogen-bond acceptors (Lipinski definition) is 5. The van der Waals surface area contributed by atoms with Crippen LogP contribution in [0.4, 0.5) is 0 Å². The van der Waals surface area contributed by atoms with Gasteiger partial charge in [-0.25, -0.2) is 0 Å². The van der Waals surface area contributed by atoms with Gasteiger partial charge in [0.2, 0.25) is 11.8 Å². The summed E-state index contributed by atoms with van der Waals surface area (Å²) in [6.07, 6.45) is 16.7. The average Bonchev–Trinajstić information content (AvgIpc) is 3.21. The first-order valence-electron chi connectivity index (χ1n) is 15.1. The number of carbonyl (C=O) groups excluding carboxylic acids is 3. The molecule has 38 heavy (non-hydrogen) atoms. The standard InChI is InChI=1S/C31H43N3O4/c35-28-11-10-26(29(36)33-28)34-20-25-24(30(34)37)8-7-9-27(25)38-13-6-4-2-1-3-5-12-32-31-17-21-14-22(18-31)16-23(15-21)19-31/h7-9,21-23,26,32H,1-6,10-20H2,(H,33,35,36). The molecule has 4 bridgehead atoms. The zero-order valence-electron chi connectivity index (χ0n) is 22.6. The van der Waals surface area contributed by atoms with E-state index in [1.54, 1.807) is 11.0 Å². The maximum Gasteiger partial charge on any atom is 0.255 e. The maximum atomic E-state index is 13.0. The Kier molecular flexibility index (Phi) is 7.48. The van der Waals surface area contributed by atoms with Crippen LogP contribution in [0.25, 0.3) is 0 Å². The highest BCUT2D eigenvalue weighted by atomic mass is 16.5. The van der Waals surface area contributed by atoms with E-state index in [0.29, 0.717) is 30.7 Å². The number of nitrogens with zero attached hydrogens (tertiary/aromatic N) is 1. The van der Waals surface area contributed by atoms with Crippen LogP contribution in [0.2, 0.25) is 0 Å². The molecule has 3 amide bonds. The van der Waals surface area contributed by atoms with Crippen molar-refractivity contribution >= 4 is 17.7 Å². The number of unbranched alkanes of at least 4 members (excludes halogenated alkanes) is 5. The van der Waals surface area contributed by atoms with E-state index in [4.69, 9.17) is 4.74 Å². The molecule has 1 unspecified atom stereocenters. The SMILES string of the molecule is O=C1CCC(N2Cc3c(OCCCCCCCCNC45CC6CC(CC(C6)C4)C5)cccc3C2=O)C(=O)N1. The number of fused-ring (bicyclic) bond motifs is 1. The van der Waals surface area contributed by atoms with Gasteiger partial charge in [0, 0.05) is 23.1 Å². The highest BCUT2D eigenvalue weighted by Gasteiger charge is 2.50. The average molecular weight is 522 g/mol. The van der Waals surface area contributed by atoms with Gasteiger partial charge in [0.25, 0.3) is 5.91 Å². The van der Waals surface area contributed by atoms with Gasteiger partial charge in [0.05, 0.1) is 13.2 Å². The molecule has 5 fully saturated rings.